The zero-order chi connectivity index (χ0) is 14.7. The van der Waals surface area contributed by atoms with Gasteiger partial charge in [0.05, 0.1) is 4.90 Å². The molecule has 0 aliphatic heterocycles. The van der Waals surface area contributed by atoms with Gasteiger partial charge in [-0.2, -0.15) is 4.31 Å². The van der Waals surface area contributed by atoms with Gasteiger partial charge in [-0.25, -0.2) is 8.42 Å². The molecule has 1 rings (SSSR count). The molecular formula is C11H14F3NO3S. The Morgan fingerprint density at radius 3 is 2.26 bits per heavy atom. The summed E-state index contributed by atoms with van der Waals surface area (Å²) in [6.07, 6.45) is -4.85. The Hall–Kier alpha value is -1.28. The van der Waals surface area contributed by atoms with Gasteiger partial charge in [-0.3, -0.25) is 0 Å². The van der Waals surface area contributed by atoms with E-state index in [0.717, 1.165) is 16.4 Å². The molecule has 0 fully saturated rings. The minimum absolute atomic E-state index is 0.224. The molecule has 0 aliphatic carbocycles. The fourth-order valence-electron chi connectivity index (χ4n) is 1.54. The van der Waals surface area contributed by atoms with Gasteiger partial charge in [-0.05, 0) is 12.1 Å². The summed E-state index contributed by atoms with van der Waals surface area (Å²) in [5, 5.41) is 0. The maximum absolute atomic E-state index is 12.1. The lowest BCUT2D eigenvalue weighted by atomic mass is 10.3. The van der Waals surface area contributed by atoms with Crippen molar-refractivity contribution in [3.05, 3.63) is 24.3 Å². The van der Waals surface area contributed by atoms with Gasteiger partial charge in [0.15, 0.2) is 0 Å². The molecule has 1 aromatic carbocycles. The summed E-state index contributed by atoms with van der Waals surface area (Å²) in [5.41, 5.74) is 0. The lowest BCUT2D eigenvalue weighted by Gasteiger charge is -2.19. The van der Waals surface area contributed by atoms with Crippen molar-refractivity contribution >= 4 is 10.0 Å². The predicted molar refractivity (Wildman–Crippen MR) is 63.2 cm³/mol. The highest BCUT2D eigenvalue weighted by Gasteiger charge is 2.31. The van der Waals surface area contributed by atoms with Crippen LogP contribution >= 0.6 is 0 Å². The smallest absolute Gasteiger partial charge is 0.406 e. The molecule has 0 N–H and O–H groups in total. The standard InChI is InChI=1S/C11H14F3NO3S/c1-3-15(4-2)19(16,17)10-7-5-6-9(8-10)18-11(12,13)14/h5-8H,3-4H2,1-2H3. The van der Waals surface area contributed by atoms with Crippen molar-refractivity contribution in [1.82, 2.24) is 4.31 Å². The normalized spacial score (nSPS) is 12.7. The zero-order valence-corrected chi connectivity index (χ0v) is 11.3. The van der Waals surface area contributed by atoms with Gasteiger partial charge in [-0.1, -0.05) is 19.9 Å². The summed E-state index contributed by atoms with van der Waals surface area (Å²) in [6.45, 7) is 3.78. The molecule has 0 saturated carbocycles. The average molecular weight is 297 g/mol. The van der Waals surface area contributed by atoms with Crippen molar-refractivity contribution in [2.45, 2.75) is 25.1 Å². The number of hydrogen-bond donors (Lipinski definition) is 0. The average Bonchev–Trinajstić information content (AvgIpc) is 2.28. The molecule has 0 aliphatic rings. The van der Waals surface area contributed by atoms with Crippen molar-refractivity contribution in [2.24, 2.45) is 0 Å². The van der Waals surface area contributed by atoms with E-state index in [2.05, 4.69) is 4.74 Å². The van der Waals surface area contributed by atoms with Crippen LogP contribution in [0.15, 0.2) is 29.2 Å². The molecule has 0 radical (unpaired) electrons. The Morgan fingerprint density at radius 1 is 1.21 bits per heavy atom. The van der Waals surface area contributed by atoms with Gasteiger partial charge in [0.2, 0.25) is 10.0 Å². The number of rotatable bonds is 5. The van der Waals surface area contributed by atoms with E-state index in [0.29, 0.717) is 0 Å². The van der Waals surface area contributed by atoms with E-state index in [-0.39, 0.29) is 18.0 Å². The molecule has 0 amide bonds. The highest BCUT2D eigenvalue weighted by molar-refractivity contribution is 7.89. The van der Waals surface area contributed by atoms with Crippen LogP contribution in [0.1, 0.15) is 13.8 Å². The van der Waals surface area contributed by atoms with Crippen molar-refractivity contribution < 1.29 is 26.3 Å². The van der Waals surface area contributed by atoms with E-state index in [4.69, 9.17) is 0 Å². The minimum Gasteiger partial charge on any atom is -0.406 e. The third-order valence-electron chi connectivity index (χ3n) is 2.38. The van der Waals surface area contributed by atoms with Crippen LogP contribution in [-0.4, -0.2) is 32.2 Å². The Labute approximate surface area is 109 Å². The lowest BCUT2D eigenvalue weighted by Crippen LogP contribution is -2.30. The molecular weight excluding hydrogens is 283 g/mol. The third-order valence-corrected chi connectivity index (χ3v) is 4.43. The second kappa shape index (κ2) is 5.79. The molecule has 0 heterocycles. The SMILES string of the molecule is CCN(CC)S(=O)(=O)c1cccc(OC(F)(F)F)c1. The van der Waals surface area contributed by atoms with Crippen LogP contribution in [0.4, 0.5) is 13.2 Å². The van der Waals surface area contributed by atoms with Crippen LogP contribution in [-0.2, 0) is 10.0 Å². The topological polar surface area (TPSA) is 46.6 Å². The van der Waals surface area contributed by atoms with E-state index >= 15 is 0 Å². The fraction of sp³-hybridized carbons (Fsp3) is 0.455. The van der Waals surface area contributed by atoms with E-state index in [1.807, 2.05) is 0 Å². The summed E-state index contributed by atoms with van der Waals surface area (Å²) in [5.74, 6) is -0.555. The fourth-order valence-corrected chi connectivity index (χ4v) is 3.04. The maximum Gasteiger partial charge on any atom is 0.573 e. The Balaban J connectivity index is 3.12. The van der Waals surface area contributed by atoms with E-state index < -0.39 is 22.1 Å². The molecule has 19 heavy (non-hydrogen) atoms. The summed E-state index contributed by atoms with van der Waals surface area (Å²) >= 11 is 0. The molecule has 0 spiro atoms. The third kappa shape index (κ3) is 4.10. The van der Waals surface area contributed by atoms with Crippen LogP contribution in [0.3, 0.4) is 0 Å². The van der Waals surface area contributed by atoms with Gasteiger partial charge in [0.25, 0.3) is 0 Å². The number of nitrogens with zero attached hydrogens (tertiary/aromatic N) is 1. The first-order valence-electron chi connectivity index (χ1n) is 5.56. The zero-order valence-electron chi connectivity index (χ0n) is 10.4. The first-order chi connectivity index (χ1) is 8.70. The number of alkyl halides is 3. The quantitative estimate of drug-likeness (QED) is 0.839. The molecule has 4 nitrogen and oxygen atoms in total. The number of sulfonamides is 1. The number of benzene rings is 1. The van der Waals surface area contributed by atoms with Gasteiger partial charge in [0, 0.05) is 19.2 Å². The molecule has 0 bridgehead atoms. The van der Waals surface area contributed by atoms with Crippen LogP contribution in [0, 0.1) is 0 Å². The van der Waals surface area contributed by atoms with E-state index in [9.17, 15) is 21.6 Å². The monoisotopic (exact) mass is 297 g/mol. The second-order valence-electron chi connectivity index (χ2n) is 3.61. The largest absolute Gasteiger partial charge is 0.573 e. The molecule has 108 valence electrons. The van der Waals surface area contributed by atoms with Crippen molar-refractivity contribution in [2.75, 3.05) is 13.1 Å². The summed E-state index contributed by atoms with van der Waals surface area (Å²) < 4.78 is 65.3. The Morgan fingerprint density at radius 2 is 1.79 bits per heavy atom. The molecule has 0 aromatic heterocycles. The van der Waals surface area contributed by atoms with Crippen LogP contribution in [0.5, 0.6) is 5.75 Å². The molecule has 1 aromatic rings. The van der Waals surface area contributed by atoms with Crippen LogP contribution in [0.2, 0.25) is 0 Å². The highest BCUT2D eigenvalue weighted by Crippen LogP contribution is 2.26. The van der Waals surface area contributed by atoms with Crippen molar-refractivity contribution in [3.8, 4) is 5.75 Å². The lowest BCUT2D eigenvalue weighted by molar-refractivity contribution is -0.274. The highest BCUT2D eigenvalue weighted by atomic mass is 32.2. The van der Waals surface area contributed by atoms with Gasteiger partial charge in [-0.15, -0.1) is 13.2 Å². The second-order valence-corrected chi connectivity index (χ2v) is 5.55. The summed E-state index contributed by atoms with van der Waals surface area (Å²) in [6, 6.07) is 4.35. The van der Waals surface area contributed by atoms with Crippen molar-refractivity contribution in [3.63, 3.8) is 0 Å². The summed E-state index contributed by atoms with van der Waals surface area (Å²) in [7, 11) is -3.79. The van der Waals surface area contributed by atoms with E-state index in [1.165, 1.54) is 12.1 Å². The van der Waals surface area contributed by atoms with Crippen LogP contribution in [0.25, 0.3) is 0 Å². The Kier molecular flexibility index (Phi) is 4.81. The molecule has 8 heteroatoms. The molecule has 0 saturated heterocycles. The van der Waals surface area contributed by atoms with Gasteiger partial charge >= 0.3 is 6.36 Å². The predicted octanol–water partition coefficient (Wildman–Crippen LogP) is 2.62. The van der Waals surface area contributed by atoms with E-state index in [1.54, 1.807) is 13.8 Å². The molecule has 0 unspecified atom stereocenters. The molecule has 0 atom stereocenters. The Bertz CT molecular complexity index is 524. The van der Waals surface area contributed by atoms with Gasteiger partial charge < -0.3 is 4.74 Å². The number of ether oxygens (including phenoxy) is 1. The van der Waals surface area contributed by atoms with Gasteiger partial charge in [0.1, 0.15) is 5.75 Å². The van der Waals surface area contributed by atoms with Crippen LogP contribution < -0.4 is 4.74 Å². The maximum atomic E-state index is 12.1. The minimum atomic E-state index is -4.85. The number of halogens is 3. The first-order valence-corrected chi connectivity index (χ1v) is 7.00. The number of hydrogen-bond acceptors (Lipinski definition) is 3. The first kappa shape index (κ1) is 15.8. The van der Waals surface area contributed by atoms with Crippen molar-refractivity contribution in [1.29, 1.82) is 0 Å². The summed E-state index contributed by atoms with van der Waals surface area (Å²) in [4.78, 5) is -0.224.